The van der Waals surface area contributed by atoms with Crippen molar-refractivity contribution < 1.29 is 13.7 Å². The average Bonchev–Trinajstić information content (AvgIpc) is 2.86. The highest BCUT2D eigenvalue weighted by molar-refractivity contribution is 7.85. The number of aromatic nitrogens is 2. The highest BCUT2D eigenvalue weighted by Crippen LogP contribution is 2.22. The first-order chi connectivity index (χ1) is 9.78. The van der Waals surface area contributed by atoms with Crippen LogP contribution in [0.1, 0.15) is 32.9 Å². The summed E-state index contributed by atoms with van der Waals surface area (Å²) in [6.07, 6.45) is 3.46. The minimum absolute atomic E-state index is 0.118. The van der Waals surface area contributed by atoms with Gasteiger partial charge in [-0.1, -0.05) is 0 Å². The van der Waals surface area contributed by atoms with Gasteiger partial charge in [0.1, 0.15) is 10.6 Å². The first kappa shape index (κ1) is 15.9. The van der Waals surface area contributed by atoms with Crippen LogP contribution in [-0.4, -0.2) is 49.1 Å². The van der Waals surface area contributed by atoms with E-state index in [1.54, 1.807) is 24.2 Å². The molecule has 0 aliphatic carbocycles. The molecule has 0 saturated carbocycles. The zero-order chi connectivity index (χ0) is 15.6. The second kappa shape index (κ2) is 6.09. The van der Waals surface area contributed by atoms with E-state index in [1.807, 2.05) is 20.8 Å². The summed E-state index contributed by atoms with van der Waals surface area (Å²) in [5, 5.41) is 0.390. The molecule has 1 aliphatic rings. The average molecular weight is 311 g/mol. The molecule has 1 aliphatic heterocycles. The largest absolute Gasteiger partial charge is 0.444 e. The van der Waals surface area contributed by atoms with Crippen LogP contribution in [0.25, 0.3) is 0 Å². The van der Waals surface area contributed by atoms with Gasteiger partial charge in [0.05, 0.1) is 21.7 Å². The predicted molar refractivity (Wildman–Crippen MR) is 79.4 cm³/mol. The molecule has 1 unspecified atom stereocenters. The van der Waals surface area contributed by atoms with Crippen LogP contribution in [0.5, 0.6) is 0 Å². The SMILES string of the molecule is Cc1nccnc1S(=O)[C@H]1CCN(C(=O)OC(C)(C)C)C1. The lowest BCUT2D eigenvalue weighted by molar-refractivity contribution is 0.0295. The van der Waals surface area contributed by atoms with Crippen LogP contribution >= 0.6 is 0 Å². The van der Waals surface area contributed by atoms with Gasteiger partial charge in [-0.05, 0) is 34.1 Å². The van der Waals surface area contributed by atoms with E-state index in [2.05, 4.69) is 9.97 Å². The molecule has 116 valence electrons. The van der Waals surface area contributed by atoms with E-state index in [-0.39, 0.29) is 11.3 Å². The van der Waals surface area contributed by atoms with Gasteiger partial charge in [-0.25, -0.2) is 9.78 Å². The van der Waals surface area contributed by atoms with Crippen molar-refractivity contribution in [2.75, 3.05) is 13.1 Å². The van der Waals surface area contributed by atoms with E-state index in [0.717, 1.165) is 0 Å². The molecule has 2 atom stereocenters. The van der Waals surface area contributed by atoms with Crippen molar-refractivity contribution in [3.8, 4) is 0 Å². The van der Waals surface area contributed by atoms with Crippen LogP contribution in [0.2, 0.25) is 0 Å². The van der Waals surface area contributed by atoms with Crippen molar-refractivity contribution >= 4 is 16.9 Å². The van der Waals surface area contributed by atoms with Gasteiger partial charge < -0.3 is 9.64 Å². The highest BCUT2D eigenvalue weighted by atomic mass is 32.2. The molecule has 1 amide bonds. The number of hydrogen-bond donors (Lipinski definition) is 0. The molecule has 1 aromatic rings. The second-order valence-corrected chi connectivity index (χ2v) is 7.73. The van der Waals surface area contributed by atoms with Gasteiger partial charge in [-0.2, -0.15) is 0 Å². The summed E-state index contributed by atoms with van der Waals surface area (Å²) in [6.45, 7) is 8.28. The summed E-state index contributed by atoms with van der Waals surface area (Å²) in [5.74, 6) is 0. The van der Waals surface area contributed by atoms with Gasteiger partial charge in [0, 0.05) is 25.5 Å². The first-order valence-electron chi connectivity index (χ1n) is 6.94. The van der Waals surface area contributed by atoms with Gasteiger partial charge in [-0.3, -0.25) is 9.19 Å². The van der Waals surface area contributed by atoms with Crippen molar-refractivity contribution in [1.29, 1.82) is 0 Å². The van der Waals surface area contributed by atoms with Crippen LogP contribution < -0.4 is 0 Å². The minimum Gasteiger partial charge on any atom is -0.444 e. The van der Waals surface area contributed by atoms with Crippen molar-refractivity contribution in [1.82, 2.24) is 14.9 Å². The molecule has 0 bridgehead atoms. The van der Waals surface area contributed by atoms with Gasteiger partial charge in [0.25, 0.3) is 0 Å². The Morgan fingerprint density at radius 2 is 2.05 bits per heavy atom. The smallest absolute Gasteiger partial charge is 0.410 e. The number of aryl methyl sites for hydroxylation is 1. The standard InChI is InChI=1S/C14H21N3O3S/c1-10-12(16-7-6-15-10)21(19)11-5-8-17(9-11)13(18)20-14(2,3)4/h6-7,11H,5,8-9H2,1-4H3/t11-,21?/m0/s1. The third-order valence-electron chi connectivity index (χ3n) is 3.13. The molecule has 21 heavy (non-hydrogen) atoms. The number of likely N-dealkylation sites (tertiary alicyclic amines) is 1. The van der Waals surface area contributed by atoms with Gasteiger partial charge in [-0.15, -0.1) is 0 Å². The summed E-state index contributed by atoms with van der Waals surface area (Å²) in [6, 6.07) is 0. The van der Waals surface area contributed by atoms with Crippen LogP contribution in [0, 0.1) is 6.92 Å². The fourth-order valence-electron chi connectivity index (χ4n) is 2.15. The van der Waals surface area contributed by atoms with Crippen molar-refractivity contribution in [3.05, 3.63) is 18.1 Å². The van der Waals surface area contributed by atoms with Crippen LogP contribution in [0.15, 0.2) is 17.4 Å². The van der Waals surface area contributed by atoms with Gasteiger partial charge in [0.2, 0.25) is 0 Å². The second-order valence-electron chi connectivity index (χ2n) is 6.08. The highest BCUT2D eigenvalue weighted by Gasteiger charge is 2.34. The maximum Gasteiger partial charge on any atom is 0.410 e. The number of ether oxygens (including phenoxy) is 1. The number of carbonyl (C=O) groups excluding carboxylic acids is 1. The van der Waals surface area contributed by atoms with Crippen LogP contribution in [-0.2, 0) is 15.5 Å². The fraction of sp³-hybridized carbons (Fsp3) is 0.643. The normalized spacial score (nSPS) is 20.4. The maximum absolute atomic E-state index is 12.6. The fourth-order valence-corrected chi connectivity index (χ4v) is 3.60. The number of carbonyl (C=O) groups is 1. The van der Waals surface area contributed by atoms with Crippen LogP contribution in [0.4, 0.5) is 4.79 Å². The van der Waals surface area contributed by atoms with Crippen molar-refractivity contribution in [2.45, 2.75) is 50.0 Å². The predicted octanol–water partition coefficient (Wildman–Crippen LogP) is 1.90. The van der Waals surface area contributed by atoms with E-state index in [4.69, 9.17) is 4.74 Å². The minimum atomic E-state index is -1.25. The molecular weight excluding hydrogens is 290 g/mol. The monoisotopic (exact) mass is 311 g/mol. The maximum atomic E-state index is 12.6. The molecule has 0 spiro atoms. The third-order valence-corrected chi connectivity index (χ3v) is 4.90. The number of amides is 1. The third kappa shape index (κ3) is 4.00. The zero-order valence-corrected chi connectivity index (χ0v) is 13.6. The van der Waals surface area contributed by atoms with Crippen LogP contribution in [0.3, 0.4) is 0 Å². The molecule has 1 fully saturated rings. The topological polar surface area (TPSA) is 72.4 Å². The molecule has 0 N–H and O–H groups in total. The summed E-state index contributed by atoms with van der Waals surface area (Å²) >= 11 is 0. The Morgan fingerprint density at radius 3 is 2.67 bits per heavy atom. The summed E-state index contributed by atoms with van der Waals surface area (Å²) in [7, 11) is -1.25. The Bertz CT molecular complexity index is 557. The van der Waals surface area contributed by atoms with E-state index in [9.17, 15) is 9.00 Å². The van der Waals surface area contributed by atoms with Crippen molar-refractivity contribution in [3.63, 3.8) is 0 Å². The lowest BCUT2D eigenvalue weighted by Gasteiger charge is -2.24. The van der Waals surface area contributed by atoms with E-state index < -0.39 is 16.4 Å². The Hall–Kier alpha value is -1.50. The molecule has 2 heterocycles. The molecule has 0 aromatic carbocycles. The molecule has 1 aromatic heterocycles. The lowest BCUT2D eigenvalue weighted by atomic mass is 10.2. The molecule has 1 saturated heterocycles. The summed E-state index contributed by atoms with van der Waals surface area (Å²) < 4.78 is 17.9. The Kier molecular flexibility index (Phi) is 4.61. The van der Waals surface area contributed by atoms with Gasteiger partial charge >= 0.3 is 6.09 Å². The Labute approximate surface area is 127 Å². The number of hydrogen-bond acceptors (Lipinski definition) is 5. The van der Waals surface area contributed by atoms with Gasteiger partial charge in [0.15, 0.2) is 0 Å². The quantitative estimate of drug-likeness (QED) is 0.834. The molecule has 6 nitrogen and oxygen atoms in total. The summed E-state index contributed by atoms with van der Waals surface area (Å²) in [4.78, 5) is 21.9. The first-order valence-corrected chi connectivity index (χ1v) is 8.15. The molecule has 2 rings (SSSR count). The van der Waals surface area contributed by atoms with E-state index in [1.165, 1.54) is 0 Å². The molecule has 0 radical (unpaired) electrons. The molecule has 7 heteroatoms. The summed E-state index contributed by atoms with van der Waals surface area (Å²) in [5.41, 5.74) is 0.155. The van der Waals surface area contributed by atoms with E-state index in [0.29, 0.717) is 30.2 Å². The number of nitrogens with zero attached hydrogens (tertiary/aromatic N) is 3. The van der Waals surface area contributed by atoms with E-state index >= 15 is 0 Å². The zero-order valence-electron chi connectivity index (χ0n) is 12.8. The molecular formula is C14H21N3O3S. The number of rotatable bonds is 2. The van der Waals surface area contributed by atoms with Crippen molar-refractivity contribution in [2.24, 2.45) is 0 Å². The Morgan fingerprint density at radius 1 is 1.38 bits per heavy atom. The lowest BCUT2D eigenvalue weighted by Crippen LogP contribution is -2.36. The Balaban J connectivity index is 2.01.